The van der Waals surface area contributed by atoms with E-state index in [9.17, 15) is 4.79 Å². The summed E-state index contributed by atoms with van der Waals surface area (Å²) in [7, 11) is 0. The first kappa shape index (κ1) is 19.4. The second-order valence-electron chi connectivity index (χ2n) is 6.22. The lowest BCUT2D eigenvalue weighted by Crippen LogP contribution is -2.49. The zero-order chi connectivity index (χ0) is 18.3. The number of halogens is 1. The Kier molecular flexibility index (Phi) is 6.96. The van der Waals surface area contributed by atoms with Gasteiger partial charge in [-0.25, -0.2) is 0 Å². The van der Waals surface area contributed by atoms with Crippen molar-refractivity contribution in [1.29, 1.82) is 0 Å². The molecule has 0 spiro atoms. The van der Waals surface area contributed by atoms with E-state index in [0.29, 0.717) is 42.5 Å². The number of carbonyl (C=O) groups excluding carboxylic acids is 1. The minimum Gasteiger partial charge on any atom is -0.354 e. The lowest BCUT2D eigenvalue weighted by Gasteiger charge is -2.26. The Balaban J connectivity index is 1.77. The fourth-order valence-corrected chi connectivity index (χ4v) is 2.46. The molecule has 0 unspecified atom stereocenters. The van der Waals surface area contributed by atoms with Crippen molar-refractivity contribution in [3.63, 3.8) is 0 Å². The monoisotopic (exact) mass is 364 g/mol. The van der Waals surface area contributed by atoms with Crippen LogP contribution in [0.5, 0.6) is 0 Å². The van der Waals surface area contributed by atoms with Gasteiger partial charge < -0.3 is 15.6 Å². The third kappa shape index (κ3) is 5.83. The molecular formula is C18H25ClN4O2. The Bertz CT molecular complexity index is 681. The summed E-state index contributed by atoms with van der Waals surface area (Å²) in [5.74, 6) is 1.04. The molecule has 25 heavy (non-hydrogen) atoms. The highest BCUT2D eigenvalue weighted by atomic mass is 35.5. The zero-order valence-corrected chi connectivity index (χ0v) is 15.5. The minimum atomic E-state index is -0.324. The van der Waals surface area contributed by atoms with Crippen LogP contribution in [0, 0.1) is 0 Å². The smallest absolute Gasteiger partial charge is 0.226 e. The van der Waals surface area contributed by atoms with Crippen LogP contribution in [0.15, 0.2) is 28.8 Å². The maximum atomic E-state index is 11.9. The first-order chi connectivity index (χ1) is 12.0. The van der Waals surface area contributed by atoms with Crippen molar-refractivity contribution < 1.29 is 9.32 Å². The van der Waals surface area contributed by atoms with Crippen molar-refractivity contribution in [1.82, 2.24) is 15.5 Å². The van der Waals surface area contributed by atoms with Crippen LogP contribution in [0.1, 0.15) is 45.4 Å². The van der Waals surface area contributed by atoms with Crippen molar-refractivity contribution >= 4 is 17.5 Å². The van der Waals surface area contributed by atoms with Crippen molar-refractivity contribution in [3.05, 3.63) is 35.2 Å². The van der Waals surface area contributed by atoms with E-state index in [2.05, 4.69) is 15.5 Å². The molecule has 1 heterocycles. The molecule has 0 bridgehead atoms. The van der Waals surface area contributed by atoms with Gasteiger partial charge in [-0.05, 0) is 43.5 Å². The SMILES string of the molecule is CCC(N)(CC)CNC(=O)CCCc1nc(-c2ccc(Cl)cc2)no1. The molecule has 2 aromatic rings. The first-order valence-corrected chi connectivity index (χ1v) is 8.97. The standard InChI is InChI=1S/C18H25ClN4O2/c1-3-18(20,4-2)12-21-15(24)6-5-7-16-22-17(23-25-16)13-8-10-14(19)11-9-13/h8-11H,3-7,12,20H2,1-2H3,(H,21,24). The van der Waals surface area contributed by atoms with Gasteiger partial charge in [0.1, 0.15) is 0 Å². The van der Waals surface area contributed by atoms with Crippen molar-refractivity contribution in [2.75, 3.05) is 6.54 Å². The second kappa shape index (κ2) is 8.97. The lowest BCUT2D eigenvalue weighted by molar-refractivity contribution is -0.121. The van der Waals surface area contributed by atoms with Crippen LogP contribution in [0.25, 0.3) is 11.4 Å². The Morgan fingerprint density at radius 1 is 1.28 bits per heavy atom. The van der Waals surface area contributed by atoms with Gasteiger partial charge in [-0.15, -0.1) is 0 Å². The summed E-state index contributed by atoms with van der Waals surface area (Å²) in [6.07, 6.45) is 3.27. The number of carbonyl (C=O) groups is 1. The molecule has 0 aliphatic carbocycles. The minimum absolute atomic E-state index is 0.00540. The summed E-state index contributed by atoms with van der Waals surface area (Å²) in [4.78, 5) is 16.3. The van der Waals surface area contributed by atoms with E-state index in [1.807, 2.05) is 26.0 Å². The molecule has 7 heteroatoms. The van der Waals surface area contributed by atoms with Gasteiger partial charge in [0, 0.05) is 35.5 Å². The Hall–Kier alpha value is -1.92. The van der Waals surface area contributed by atoms with Crippen molar-refractivity contribution in [2.45, 2.75) is 51.5 Å². The third-order valence-corrected chi connectivity index (χ3v) is 4.66. The maximum absolute atomic E-state index is 11.9. The zero-order valence-electron chi connectivity index (χ0n) is 14.7. The molecule has 2 rings (SSSR count). The van der Waals surface area contributed by atoms with Crippen LogP contribution in [0.4, 0.5) is 0 Å². The highest BCUT2D eigenvalue weighted by Gasteiger charge is 2.20. The highest BCUT2D eigenvalue weighted by Crippen LogP contribution is 2.19. The molecule has 1 aromatic heterocycles. The van der Waals surface area contributed by atoms with Gasteiger partial charge in [-0.2, -0.15) is 4.98 Å². The maximum Gasteiger partial charge on any atom is 0.226 e. The molecule has 6 nitrogen and oxygen atoms in total. The third-order valence-electron chi connectivity index (χ3n) is 4.41. The van der Waals surface area contributed by atoms with E-state index in [4.69, 9.17) is 21.9 Å². The van der Waals surface area contributed by atoms with E-state index in [1.54, 1.807) is 12.1 Å². The topological polar surface area (TPSA) is 94.0 Å². The summed E-state index contributed by atoms with van der Waals surface area (Å²) in [6, 6.07) is 7.23. The number of aromatic nitrogens is 2. The van der Waals surface area contributed by atoms with Crippen LogP contribution in [0.2, 0.25) is 5.02 Å². The fourth-order valence-electron chi connectivity index (χ4n) is 2.34. The van der Waals surface area contributed by atoms with E-state index >= 15 is 0 Å². The molecule has 136 valence electrons. The Morgan fingerprint density at radius 3 is 2.60 bits per heavy atom. The summed E-state index contributed by atoms with van der Waals surface area (Å²) in [6.45, 7) is 4.56. The fraction of sp³-hybridized carbons (Fsp3) is 0.500. The summed E-state index contributed by atoms with van der Waals surface area (Å²) in [5, 5.41) is 7.52. The number of amides is 1. The van der Waals surface area contributed by atoms with E-state index in [-0.39, 0.29) is 11.4 Å². The van der Waals surface area contributed by atoms with Gasteiger partial charge in [0.15, 0.2) is 0 Å². The summed E-state index contributed by atoms with van der Waals surface area (Å²) < 4.78 is 5.23. The predicted octanol–water partition coefficient (Wildman–Crippen LogP) is 3.35. The number of benzene rings is 1. The molecule has 1 aromatic carbocycles. The van der Waals surface area contributed by atoms with E-state index in [1.165, 1.54) is 0 Å². The lowest BCUT2D eigenvalue weighted by atomic mass is 9.94. The van der Waals surface area contributed by atoms with Crippen LogP contribution < -0.4 is 11.1 Å². The molecule has 1 amide bonds. The molecule has 0 aliphatic heterocycles. The van der Waals surface area contributed by atoms with Gasteiger partial charge in [-0.3, -0.25) is 4.79 Å². The van der Waals surface area contributed by atoms with Crippen LogP contribution in [-0.2, 0) is 11.2 Å². The van der Waals surface area contributed by atoms with Crippen LogP contribution in [0.3, 0.4) is 0 Å². The normalized spacial score (nSPS) is 11.5. The number of aryl methyl sites for hydroxylation is 1. The molecule has 0 radical (unpaired) electrons. The summed E-state index contributed by atoms with van der Waals surface area (Å²) >= 11 is 5.86. The molecule has 3 N–H and O–H groups in total. The number of hydrogen-bond donors (Lipinski definition) is 2. The number of nitrogens with one attached hydrogen (secondary N) is 1. The average molecular weight is 365 g/mol. The van der Waals surface area contributed by atoms with Gasteiger partial charge in [0.2, 0.25) is 17.6 Å². The predicted molar refractivity (Wildman–Crippen MR) is 98.2 cm³/mol. The first-order valence-electron chi connectivity index (χ1n) is 8.60. The number of nitrogens with two attached hydrogens (primary N) is 1. The van der Waals surface area contributed by atoms with Crippen LogP contribution in [-0.4, -0.2) is 28.1 Å². The Morgan fingerprint density at radius 2 is 1.96 bits per heavy atom. The second-order valence-corrected chi connectivity index (χ2v) is 6.65. The van der Waals surface area contributed by atoms with Crippen molar-refractivity contribution in [3.8, 4) is 11.4 Å². The van der Waals surface area contributed by atoms with E-state index < -0.39 is 0 Å². The molecule has 0 fully saturated rings. The van der Waals surface area contributed by atoms with Gasteiger partial charge >= 0.3 is 0 Å². The summed E-state index contributed by atoms with van der Waals surface area (Å²) in [5.41, 5.74) is 6.70. The number of nitrogens with zero attached hydrogens (tertiary/aromatic N) is 2. The van der Waals surface area contributed by atoms with Gasteiger partial charge in [0.25, 0.3) is 0 Å². The Labute approximate surface area is 153 Å². The molecule has 0 aliphatic rings. The van der Waals surface area contributed by atoms with Gasteiger partial charge in [0.05, 0.1) is 0 Å². The van der Waals surface area contributed by atoms with Crippen molar-refractivity contribution in [2.24, 2.45) is 5.73 Å². The quantitative estimate of drug-likeness (QED) is 0.711. The highest BCUT2D eigenvalue weighted by molar-refractivity contribution is 6.30. The molecule has 0 atom stereocenters. The number of hydrogen-bond acceptors (Lipinski definition) is 5. The molecule has 0 saturated carbocycles. The van der Waals surface area contributed by atoms with Gasteiger partial charge in [-0.1, -0.05) is 30.6 Å². The molecular weight excluding hydrogens is 340 g/mol. The molecule has 0 saturated heterocycles. The van der Waals surface area contributed by atoms with Crippen LogP contribution >= 0.6 is 11.6 Å². The largest absolute Gasteiger partial charge is 0.354 e. The van der Waals surface area contributed by atoms with E-state index in [0.717, 1.165) is 18.4 Å². The number of rotatable bonds is 9. The average Bonchev–Trinajstić information content (AvgIpc) is 3.09.